The lowest BCUT2D eigenvalue weighted by Gasteiger charge is -2.43. The Morgan fingerprint density at radius 1 is 1.21 bits per heavy atom. The maximum absolute atomic E-state index is 11.4. The van der Waals surface area contributed by atoms with Crippen LogP contribution >= 0.6 is 7.82 Å². The smallest absolute Gasteiger partial charge is 0.496 e. The molecule has 0 aliphatic heterocycles. The molecule has 0 radical (unpaired) electrons. The van der Waals surface area contributed by atoms with Crippen molar-refractivity contribution >= 4 is 13.6 Å². The van der Waals surface area contributed by atoms with Crippen molar-refractivity contribution in [2.24, 2.45) is 11.8 Å². The van der Waals surface area contributed by atoms with E-state index in [2.05, 4.69) is 0 Å². The molecule has 0 aromatic heterocycles. The van der Waals surface area contributed by atoms with Crippen molar-refractivity contribution in [1.29, 1.82) is 5.26 Å². The summed E-state index contributed by atoms with van der Waals surface area (Å²) in [5.41, 5.74) is 5.33. The first kappa shape index (κ1) is 20.2. The van der Waals surface area contributed by atoms with Crippen molar-refractivity contribution < 1.29 is 23.6 Å². The first-order chi connectivity index (χ1) is 13.9. The molecule has 4 rings (SSSR count). The molecule has 3 aliphatic carbocycles. The normalized spacial score (nSPS) is 25.7. The third kappa shape index (κ3) is 4.00. The number of rotatable bonds is 4. The maximum atomic E-state index is 11.4. The van der Waals surface area contributed by atoms with Gasteiger partial charge in [-0.2, -0.15) is 5.26 Å². The molecule has 2 N–H and O–H groups in total. The summed E-state index contributed by atoms with van der Waals surface area (Å²) in [6, 6.07) is 6.75. The van der Waals surface area contributed by atoms with Gasteiger partial charge in [0, 0.05) is 11.5 Å². The maximum Gasteiger partial charge on any atom is 0.524 e. The quantitative estimate of drug-likeness (QED) is 0.404. The Bertz CT molecular complexity index is 968. The van der Waals surface area contributed by atoms with Crippen molar-refractivity contribution in [3.8, 4) is 11.8 Å². The van der Waals surface area contributed by atoms with Crippen LogP contribution in [0.2, 0.25) is 0 Å². The number of nitriles is 1. The molecule has 6 nitrogen and oxygen atoms in total. The van der Waals surface area contributed by atoms with Crippen LogP contribution in [0.1, 0.15) is 62.5 Å². The average molecular weight is 415 g/mol. The molecule has 1 aromatic rings. The Morgan fingerprint density at radius 3 is 2.72 bits per heavy atom. The molecular weight excluding hydrogens is 389 g/mol. The van der Waals surface area contributed by atoms with Gasteiger partial charge in [-0.05, 0) is 74.6 Å². The second-order valence-electron chi connectivity index (χ2n) is 8.11. The van der Waals surface area contributed by atoms with E-state index in [9.17, 15) is 19.6 Å². The Kier molecular flexibility index (Phi) is 5.57. The zero-order chi connectivity index (χ0) is 20.6. The van der Waals surface area contributed by atoms with Gasteiger partial charge in [-0.15, -0.1) is 0 Å². The van der Waals surface area contributed by atoms with Crippen LogP contribution in [-0.2, 0) is 9.30 Å². The summed E-state index contributed by atoms with van der Waals surface area (Å²) in [6.07, 6.45) is 9.47. The van der Waals surface area contributed by atoms with Crippen LogP contribution in [0.15, 0.2) is 34.9 Å². The highest BCUT2D eigenvalue weighted by Crippen LogP contribution is 2.53. The number of hydrogen-bond donors (Lipinski definition) is 2. The van der Waals surface area contributed by atoms with E-state index in [4.69, 9.17) is 9.26 Å². The number of hydrogen-bond acceptors (Lipinski definition) is 4. The molecule has 0 heterocycles. The number of methoxy groups -OCH3 is 1. The Labute approximate surface area is 171 Å². The summed E-state index contributed by atoms with van der Waals surface area (Å²) in [4.78, 5) is 18.4. The van der Waals surface area contributed by atoms with Gasteiger partial charge in [0.15, 0.2) is 0 Å². The van der Waals surface area contributed by atoms with Gasteiger partial charge in [-0.1, -0.05) is 17.6 Å². The minimum absolute atomic E-state index is 0.0821. The largest absolute Gasteiger partial charge is 0.524 e. The molecule has 29 heavy (non-hydrogen) atoms. The molecular formula is C22H26NO5P. The molecule has 0 saturated heterocycles. The lowest BCUT2D eigenvalue weighted by Crippen LogP contribution is -2.30. The zero-order valence-electron chi connectivity index (χ0n) is 16.6. The van der Waals surface area contributed by atoms with Gasteiger partial charge in [0.05, 0.1) is 12.7 Å². The fraction of sp³-hybridized carbons (Fsp3) is 0.500. The molecule has 7 heteroatoms. The van der Waals surface area contributed by atoms with Gasteiger partial charge >= 0.3 is 7.82 Å². The number of ether oxygens (including phenoxy) is 1. The zero-order valence-corrected chi connectivity index (χ0v) is 17.5. The van der Waals surface area contributed by atoms with Crippen LogP contribution in [0, 0.1) is 23.2 Å². The van der Waals surface area contributed by atoms with E-state index in [-0.39, 0.29) is 11.3 Å². The van der Waals surface area contributed by atoms with Gasteiger partial charge < -0.3 is 9.26 Å². The summed E-state index contributed by atoms with van der Waals surface area (Å²) in [5, 5.41) is 9.28. The first-order valence-electron chi connectivity index (χ1n) is 10.2. The van der Waals surface area contributed by atoms with Gasteiger partial charge in [0.2, 0.25) is 0 Å². The Hall–Kier alpha value is -2.06. The number of allylic oxidation sites excluding steroid dienone is 3. The van der Waals surface area contributed by atoms with Crippen LogP contribution in [0.3, 0.4) is 0 Å². The molecule has 1 fully saturated rings. The first-order valence-corrected chi connectivity index (χ1v) is 11.7. The lowest BCUT2D eigenvalue weighted by molar-refractivity contribution is 0.282. The number of benzene rings is 1. The highest BCUT2D eigenvalue weighted by Gasteiger charge is 2.39. The minimum atomic E-state index is -4.77. The molecule has 3 aliphatic rings. The fourth-order valence-corrected chi connectivity index (χ4v) is 5.79. The van der Waals surface area contributed by atoms with E-state index in [0.29, 0.717) is 17.4 Å². The SMILES string of the molecule is COC(=C1C2CCCC1C1=C(CCCC1)C2)c1ccc(C#N)c(OP(=O)(O)O)c1. The number of phosphoric ester groups is 1. The third-order valence-corrected chi connectivity index (χ3v) is 6.89. The summed E-state index contributed by atoms with van der Waals surface area (Å²) >= 11 is 0. The minimum Gasteiger partial charge on any atom is -0.496 e. The van der Waals surface area contributed by atoms with Crippen molar-refractivity contribution in [1.82, 2.24) is 0 Å². The highest BCUT2D eigenvalue weighted by molar-refractivity contribution is 7.46. The van der Waals surface area contributed by atoms with Crippen LogP contribution in [0.4, 0.5) is 0 Å². The summed E-state index contributed by atoms with van der Waals surface area (Å²) in [6.45, 7) is 0. The van der Waals surface area contributed by atoms with Crippen molar-refractivity contribution in [2.75, 3.05) is 7.11 Å². The Balaban J connectivity index is 1.82. The predicted molar refractivity (Wildman–Crippen MR) is 109 cm³/mol. The number of fused-ring (bicyclic) bond motifs is 3. The van der Waals surface area contributed by atoms with Gasteiger partial charge in [-0.3, -0.25) is 9.79 Å². The van der Waals surface area contributed by atoms with Crippen LogP contribution in [0.25, 0.3) is 5.76 Å². The predicted octanol–water partition coefficient (Wildman–Crippen LogP) is 5.08. The summed E-state index contributed by atoms with van der Waals surface area (Å²) in [7, 11) is -3.13. The van der Waals surface area contributed by atoms with E-state index >= 15 is 0 Å². The van der Waals surface area contributed by atoms with E-state index in [1.54, 1.807) is 24.3 Å². The fourth-order valence-electron chi connectivity index (χ4n) is 5.39. The van der Waals surface area contributed by atoms with E-state index in [0.717, 1.165) is 31.4 Å². The second-order valence-corrected chi connectivity index (χ2v) is 9.28. The molecule has 0 spiro atoms. The molecule has 1 aromatic carbocycles. The standard InChI is InChI=1S/C22H26NO5P/c1-27-22(16-9-10-17(13-23)20(12-16)28-29(24,25)26)21-15-6-4-8-19(21)18-7-3-2-5-14(18)11-15/h9-10,12,15,19H,2-8,11H2,1H3,(H2,24,25,26). The van der Waals surface area contributed by atoms with Crippen LogP contribution < -0.4 is 4.52 Å². The molecule has 154 valence electrons. The molecule has 0 amide bonds. The van der Waals surface area contributed by atoms with Crippen molar-refractivity contribution in [2.45, 2.75) is 51.4 Å². The van der Waals surface area contributed by atoms with Crippen molar-refractivity contribution in [3.63, 3.8) is 0 Å². The number of nitrogens with zero attached hydrogens (tertiary/aromatic N) is 1. The second kappa shape index (κ2) is 7.99. The van der Waals surface area contributed by atoms with Crippen molar-refractivity contribution in [3.05, 3.63) is 46.0 Å². The van der Waals surface area contributed by atoms with E-state index in [1.807, 2.05) is 6.07 Å². The summed E-state index contributed by atoms with van der Waals surface area (Å²) < 4.78 is 22.0. The monoisotopic (exact) mass is 415 g/mol. The van der Waals surface area contributed by atoms with Gasteiger partial charge in [-0.25, -0.2) is 4.57 Å². The van der Waals surface area contributed by atoms with Crippen LogP contribution in [0.5, 0.6) is 5.75 Å². The third-order valence-electron chi connectivity index (χ3n) is 6.45. The van der Waals surface area contributed by atoms with E-state index in [1.165, 1.54) is 43.4 Å². The lowest BCUT2D eigenvalue weighted by atomic mass is 9.62. The van der Waals surface area contributed by atoms with Gasteiger partial charge in [0.25, 0.3) is 0 Å². The molecule has 2 unspecified atom stereocenters. The summed E-state index contributed by atoms with van der Waals surface area (Å²) in [5.74, 6) is 1.49. The Morgan fingerprint density at radius 2 is 2.00 bits per heavy atom. The molecule has 2 atom stereocenters. The van der Waals surface area contributed by atoms with Crippen LogP contribution in [-0.4, -0.2) is 16.9 Å². The topological polar surface area (TPSA) is 99.8 Å². The highest BCUT2D eigenvalue weighted by atomic mass is 31.2. The molecule has 1 saturated carbocycles. The molecule has 2 bridgehead atoms. The number of phosphoric acid groups is 1. The van der Waals surface area contributed by atoms with Gasteiger partial charge in [0.1, 0.15) is 17.6 Å². The van der Waals surface area contributed by atoms with E-state index < -0.39 is 7.82 Å². The average Bonchev–Trinajstić information content (AvgIpc) is 2.68.